The molecule has 2 aromatic carbocycles. The molecule has 0 bridgehead atoms. The molecule has 1 aliphatic rings. The Kier molecular flexibility index (Phi) is 6.52. The highest BCUT2D eigenvalue weighted by Gasteiger charge is 2.23. The van der Waals surface area contributed by atoms with Gasteiger partial charge in [0.25, 0.3) is 5.91 Å². The zero-order valence-corrected chi connectivity index (χ0v) is 21.0. The molecule has 3 heterocycles. The van der Waals surface area contributed by atoms with E-state index in [1.807, 2.05) is 39.0 Å². The summed E-state index contributed by atoms with van der Waals surface area (Å²) >= 11 is 0. The highest BCUT2D eigenvalue weighted by Crippen LogP contribution is 2.30. The summed E-state index contributed by atoms with van der Waals surface area (Å²) in [6, 6.07) is 13.4. The van der Waals surface area contributed by atoms with Crippen molar-refractivity contribution < 1.29 is 18.4 Å². The highest BCUT2D eigenvalue weighted by atomic mass is 19.1. The summed E-state index contributed by atoms with van der Waals surface area (Å²) < 4.78 is 19.8. The third-order valence-corrected chi connectivity index (χ3v) is 6.84. The number of carbonyl (C=O) groups is 2. The molecule has 37 heavy (non-hydrogen) atoms. The fourth-order valence-corrected chi connectivity index (χ4v) is 4.46. The molecule has 2 N–H and O–H groups in total. The van der Waals surface area contributed by atoms with Crippen LogP contribution < -0.4 is 15.5 Å². The SMILES string of the molecule is Cc1ccc2c(C)c(C(=O)Nc3ccc(N4CCN(C(=O)Nc5ccccc5F)CC4)nc3)oc2c1C. The molecule has 1 aliphatic heterocycles. The molecule has 0 radical (unpaired) electrons. The summed E-state index contributed by atoms with van der Waals surface area (Å²) in [4.78, 5) is 33.7. The molecule has 3 amide bonds. The Morgan fingerprint density at radius 3 is 2.38 bits per heavy atom. The van der Waals surface area contributed by atoms with Crippen molar-refractivity contribution in [1.82, 2.24) is 9.88 Å². The quantitative estimate of drug-likeness (QED) is 0.385. The van der Waals surface area contributed by atoms with Gasteiger partial charge in [-0.25, -0.2) is 14.2 Å². The summed E-state index contributed by atoms with van der Waals surface area (Å²) in [6.07, 6.45) is 1.61. The van der Waals surface area contributed by atoms with Crippen molar-refractivity contribution in [1.29, 1.82) is 0 Å². The van der Waals surface area contributed by atoms with Crippen molar-refractivity contribution in [2.24, 2.45) is 0 Å². The van der Waals surface area contributed by atoms with E-state index in [2.05, 4.69) is 20.5 Å². The topological polar surface area (TPSA) is 90.7 Å². The van der Waals surface area contributed by atoms with Crippen LogP contribution >= 0.6 is 0 Å². The largest absolute Gasteiger partial charge is 0.450 e. The van der Waals surface area contributed by atoms with E-state index in [4.69, 9.17) is 4.42 Å². The molecule has 4 aromatic rings. The Morgan fingerprint density at radius 1 is 0.919 bits per heavy atom. The number of hydrogen-bond acceptors (Lipinski definition) is 5. The average Bonchev–Trinajstić information content (AvgIpc) is 3.25. The summed E-state index contributed by atoms with van der Waals surface area (Å²) in [5.74, 6) is 0.247. The van der Waals surface area contributed by atoms with E-state index < -0.39 is 5.82 Å². The number of para-hydroxylation sites is 1. The van der Waals surface area contributed by atoms with E-state index in [1.54, 1.807) is 29.3 Å². The van der Waals surface area contributed by atoms with Gasteiger partial charge in [-0.15, -0.1) is 0 Å². The van der Waals surface area contributed by atoms with Gasteiger partial charge in [0.1, 0.15) is 17.2 Å². The van der Waals surface area contributed by atoms with Crippen LogP contribution in [-0.2, 0) is 0 Å². The number of pyridine rings is 1. The molecule has 0 unspecified atom stereocenters. The van der Waals surface area contributed by atoms with Gasteiger partial charge in [0.2, 0.25) is 0 Å². The number of urea groups is 1. The lowest BCUT2D eigenvalue weighted by Crippen LogP contribution is -2.50. The van der Waals surface area contributed by atoms with Crippen molar-refractivity contribution >= 4 is 40.1 Å². The van der Waals surface area contributed by atoms with Gasteiger partial charge in [0.05, 0.1) is 17.6 Å². The maximum absolute atomic E-state index is 13.8. The lowest BCUT2D eigenvalue weighted by Gasteiger charge is -2.35. The number of benzene rings is 2. The van der Waals surface area contributed by atoms with Gasteiger partial charge in [0.15, 0.2) is 5.76 Å². The number of hydrogen-bond donors (Lipinski definition) is 2. The summed E-state index contributed by atoms with van der Waals surface area (Å²) in [5.41, 5.74) is 4.40. The highest BCUT2D eigenvalue weighted by molar-refractivity contribution is 6.06. The molecule has 0 atom stereocenters. The van der Waals surface area contributed by atoms with Gasteiger partial charge in [-0.05, 0) is 56.2 Å². The Labute approximate surface area is 214 Å². The molecule has 8 nitrogen and oxygen atoms in total. The normalized spacial score (nSPS) is 13.6. The number of aryl methyl sites for hydroxylation is 3. The first-order valence-electron chi connectivity index (χ1n) is 12.1. The van der Waals surface area contributed by atoms with Gasteiger partial charge >= 0.3 is 6.03 Å². The first-order chi connectivity index (χ1) is 17.8. The van der Waals surface area contributed by atoms with Gasteiger partial charge in [0, 0.05) is 37.1 Å². The first-order valence-corrected chi connectivity index (χ1v) is 12.1. The molecule has 9 heteroatoms. The summed E-state index contributed by atoms with van der Waals surface area (Å²) in [7, 11) is 0. The van der Waals surface area contributed by atoms with E-state index in [9.17, 15) is 14.0 Å². The Morgan fingerprint density at radius 2 is 1.68 bits per heavy atom. The number of carbonyl (C=O) groups excluding carboxylic acids is 2. The van der Waals surface area contributed by atoms with Crippen molar-refractivity contribution in [2.75, 3.05) is 41.7 Å². The van der Waals surface area contributed by atoms with Gasteiger partial charge in [-0.3, -0.25) is 4.79 Å². The van der Waals surface area contributed by atoms with E-state index in [0.717, 1.165) is 33.5 Å². The maximum Gasteiger partial charge on any atom is 0.322 e. The Hall–Kier alpha value is -4.40. The van der Waals surface area contributed by atoms with Crippen LogP contribution in [0, 0.1) is 26.6 Å². The summed E-state index contributed by atoms with van der Waals surface area (Å²) in [5, 5.41) is 6.42. The van der Waals surface area contributed by atoms with Gasteiger partial charge < -0.3 is 24.9 Å². The van der Waals surface area contributed by atoms with Gasteiger partial charge in [-0.2, -0.15) is 0 Å². The zero-order valence-electron chi connectivity index (χ0n) is 21.0. The minimum absolute atomic E-state index is 0.164. The first kappa shape index (κ1) is 24.3. The van der Waals surface area contributed by atoms with Crippen LogP contribution in [0.1, 0.15) is 27.2 Å². The number of amides is 3. The predicted octanol–water partition coefficient (Wildman–Crippen LogP) is 5.50. The number of halogens is 1. The number of nitrogens with one attached hydrogen (secondary N) is 2. The van der Waals surface area contributed by atoms with Crippen LogP contribution in [0.5, 0.6) is 0 Å². The second kappa shape index (κ2) is 9.93. The molecule has 2 aromatic heterocycles. The fraction of sp³-hybridized carbons (Fsp3) is 0.250. The van der Waals surface area contributed by atoms with Crippen LogP contribution in [0.4, 0.5) is 26.4 Å². The standard InChI is InChI=1S/C28H28FN5O3/c1-17-8-10-21-19(3)26(37-25(21)18(17)2)27(35)31-20-9-11-24(30-16-20)33-12-14-34(15-13-33)28(36)32-23-7-5-4-6-22(23)29/h4-11,16H,12-15H2,1-3H3,(H,31,35)(H,32,36). The number of piperazine rings is 1. The molecule has 1 fully saturated rings. The number of furan rings is 1. The molecular formula is C28H28FN5O3. The smallest absolute Gasteiger partial charge is 0.322 e. The zero-order chi connectivity index (χ0) is 26.1. The van der Waals surface area contributed by atoms with Crippen LogP contribution in [-0.4, -0.2) is 48.0 Å². The van der Waals surface area contributed by atoms with Crippen molar-refractivity contribution in [2.45, 2.75) is 20.8 Å². The lowest BCUT2D eigenvalue weighted by atomic mass is 10.0. The fourth-order valence-electron chi connectivity index (χ4n) is 4.46. The van der Waals surface area contributed by atoms with E-state index in [1.165, 1.54) is 12.1 Å². The predicted molar refractivity (Wildman–Crippen MR) is 142 cm³/mol. The van der Waals surface area contributed by atoms with Crippen molar-refractivity contribution in [3.8, 4) is 0 Å². The molecule has 5 rings (SSSR count). The summed E-state index contributed by atoms with van der Waals surface area (Å²) in [6.45, 7) is 8.00. The minimum Gasteiger partial charge on any atom is -0.450 e. The Balaban J connectivity index is 1.19. The molecule has 1 saturated heterocycles. The number of fused-ring (bicyclic) bond motifs is 1. The third kappa shape index (κ3) is 4.84. The number of nitrogens with zero attached hydrogens (tertiary/aromatic N) is 3. The third-order valence-electron chi connectivity index (χ3n) is 6.84. The van der Waals surface area contributed by atoms with Crippen LogP contribution in [0.15, 0.2) is 59.1 Å². The minimum atomic E-state index is -0.466. The Bertz CT molecular complexity index is 1470. The van der Waals surface area contributed by atoms with E-state index in [-0.39, 0.29) is 23.4 Å². The second-order valence-corrected chi connectivity index (χ2v) is 9.18. The van der Waals surface area contributed by atoms with Crippen molar-refractivity contribution in [3.63, 3.8) is 0 Å². The molecular weight excluding hydrogens is 473 g/mol. The van der Waals surface area contributed by atoms with E-state index in [0.29, 0.717) is 31.9 Å². The van der Waals surface area contributed by atoms with Gasteiger partial charge in [-0.1, -0.05) is 24.3 Å². The van der Waals surface area contributed by atoms with E-state index >= 15 is 0 Å². The van der Waals surface area contributed by atoms with Crippen LogP contribution in [0.3, 0.4) is 0 Å². The van der Waals surface area contributed by atoms with Crippen LogP contribution in [0.25, 0.3) is 11.0 Å². The molecule has 0 saturated carbocycles. The monoisotopic (exact) mass is 501 g/mol. The molecule has 190 valence electrons. The number of rotatable bonds is 4. The molecule has 0 aliphatic carbocycles. The number of aromatic nitrogens is 1. The van der Waals surface area contributed by atoms with Crippen molar-refractivity contribution in [3.05, 3.63) is 83.0 Å². The lowest BCUT2D eigenvalue weighted by molar-refractivity contribution is 0.0998. The molecule has 0 spiro atoms. The number of anilines is 3. The maximum atomic E-state index is 13.8. The average molecular weight is 502 g/mol. The van der Waals surface area contributed by atoms with Crippen LogP contribution in [0.2, 0.25) is 0 Å². The second-order valence-electron chi connectivity index (χ2n) is 9.18.